The summed E-state index contributed by atoms with van der Waals surface area (Å²) in [5.74, 6) is 0. The van der Waals surface area contributed by atoms with Crippen molar-refractivity contribution < 1.29 is 4.74 Å². The van der Waals surface area contributed by atoms with Gasteiger partial charge in [0.1, 0.15) is 0 Å². The molecule has 0 radical (unpaired) electrons. The van der Waals surface area contributed by atoms with Gasteiger partial charge in [-0.15, -0.1) is 0 Å². The quantitative estimate of drug-likeness (QED) is 0.523. The molecule has 0 N–H and O–H groups in total. The van der Waals surface area contributed by atoms with E-state index >= 15 is 0 Å². The maximum atomic E-state index is 5.58. The highest BCUT2D eigenvalue weighted by Crippen LogP contribution is 2.45. The van der Waals surface area contributed by atoms with E-state index in [1.165, 1.54) is 38.5 Å². The molecule has 0 unspecified atom stereocenters. The molecule has 2 rings (SSSR count). The molecule has 1 nitrogen and oxygen atoms in total. The molecule has 1 saturated carbocycles. The third-order valence-corrected chi connectivity index (χ3v) is 2.24. The van der Waals surface area contributed by atoms with Gasteiger partial charge in [-0.1, -0.05) is 20.3 Å². The summed E-state index contributed by atoms with van der Waals surface area (Å²) in [6.07, 6.45) is 7.97. The first-order chi connectivity index (χ1) is 5.33. The second-order valence-corrected chi connectivity index (χ2v) is 3.70. The number of rotatable bonds is 0. The standard InChI is InChI=1S/C7H12O.C3H8/c1-2-6-8-7(3-1)4-5-7;1-3-2/h1-6H2;3H2,1-2H3. The van der Waals surface area contributed by atoms with E-state index in [0.29, 0.717) is 5.60 Å². The van der Waals surface area contributed by atoms with Gasteiger partial charge in [0.25, 0.3) is 0 Å². The van der Waals surface area contributed by atoms with Gasteiger partial charge in [0, 0.05) is 6.61 Å². The van der Waals surface area contributed by atoms with Crippen molar-refractivity contribution in [3.8, 4) is 0 Å². The van der Waals surface area contributed by atoms with E-state index in [1.807, 2.05) is 0 Å². The smallest absolute Gasteiger partial charge is 0.0684 e. The highest BCUT2D eigenvalue weighted by atomic mass is 16.5. The zero-order chi connectivity index (χ0) is 8.16. The van der Waals surface area contributed by atoms with E-state index in [4.69, 9.17) is 4.74 Å². The minimum absolute atomic E-state index is 0.429. The van der Waals surface area contributed by atoms with E-state index < -0.39 is 0 Å². The molecule has 2 aliphatic rings. The molecule has 1 spiro atoms. The third kappa shape index (κ3) is 2.82. The van der Waals surface area contributed by atoms with Crippen molar-refractivity contribution in [2.24, 2.45) is 0 Å². The third-order valence-electron chi connectivity index (χ3n) is 2.24. The predicted molar refractivity (Wildman–Crippen MR) is 47.7 cm³/mol. The maximum Gasteiger partial charge on any atom is 0.0684 e. The molecule has 0 atom stereocenters. The molecule has 0 bridgehead atoms. The summed E-state index contributed by atoms with van der Waals surface area (Å²) in [6.45, 7) is 5.28. The van der Waals surface area contributed by atoms with Gasteiger partial charge in [0.2, 0.25) is 0 Å². The van der Waals surface area contributed by atoms with Crippen molar-refractivity contribution in [3.63, 3.8) is 0 Å². The summed E-state index contributed by atoms with van der Waals surface area (Å²) in [5, 5.41) is 0. The van der Waals surface area contributed by atoms with Crippen LogP contribution in [0, 0.1) is 0 Å². The van der Waals surface area contributed by atoms with Crippen molar-refractivity contribution >= 4 is 0 Å². The van der Waals surface area contributed by atoms with Crippen LogP contribution in [-0.2, 0) is 4.74 Å². The minimum Gasteiger partial charge on any atom is -0.375 e. The summed E-state index contributed by atoms with van der Waals surface area (Å²) in [7, 11) is 0. The van der Waals surface area contributed by atoms with E-state index in [1.54, 1.807) is 0 Å². The van der Waals surface area contributed by atoms with Crippen molar-refractivity contribution in [3.05, 3.63) is 0 Å². The van der Waals surface area contributed by atoms with E-state index in [-0.39, 0.29) is 0 Å². The zero-order valence-electron chi connectivity index (χ0n) is 7.86. The fourth-order valence-electron chi connectivity index (χ4n) is 1.44. The molecule has 0 aromatic heterocycles. The van der Waals surface area contributed by atoms with E-state index in [0.717, 1.165) is 6.61 Å². The number of hydrogen-bond donors (Lipinski definition) is 0. The van der Waals surface area contributed by atoms with E-state index in [9.17, 15) is 0 Å². The molecular formula is C10H20O. The van der Waals surface area contributed by atoms with Crippen LogP contribution in [0.2, 0.25) is 0 Å². The topological polar surface area (TPSA) is 9.23 Å². The highest BCUT2D eigenvalue weighted by Gasteiger charge is 2.44. The average Bonchev–Trinajstić information content (AvgIpc) is 2.73. The molecule has 0 amide bonds. The largest absolute Gasteiger partial charge is 0.375 e. The summed E-state index contributed by atoms with van der Waals surface area (Å²) in [5.41, 5.74) is 0.429. The first-order valence-electron chi connectivity index (χ1n) is 4.97. The Balaban J connectivity index is 0.000000179. The summed E-state index contributed by atoms with van der Waals surface area (Å²) >= 11 is 0. The zero-order valence-corrected chi connectivity index (χ0v) is 7.86. The van der Waals surface area contributed by atoms with Gasteiger partial charge in [-0.2, -0.15) is 0 Å². The summed E-state index contributed by atoms with van der Waals surface area (Å²) in [6, 6.07) is 0. The molecule has 1 saturated heterocycles. The molecule has 11 heavy (non-hydrogen) atoms. The van der Waals surface area contributed by atoms with Crippen molar-refractivity contribution in [1.29, 1.82) is 0 Å². The van der Waals surface area contributed by atoms with Crippen LogP contribution in [0.3, 0.4) is 0 Å². The Morgan fingerprint density at radius 1 is 1.09 bits per heavy atom. The average molecular weight is 156 g/mol. The predicted octanol–water partition coefficient (Wildman–Crippen LogP) is 3.14. The van der Waals surface area contributed by atoms with Crippen LogP contribution in [0.5, 0.6) is 0 Å². The molecule has 1 heteroatoms. The SMILES string of the molecule is C1CCC2(CC2)OC1.CCC. The molecular weight excluding hydrogens is 136 g/mol. The van der Waals surface area contributed by atoms with Crippen molar-refractivity contribution in [2.75, 3.05) is 6.61 Å². The van der Waals surface area contributed by atoms with Crippen LogP contribution >= 0.6 is 0 Å². The molecule has 66 valence electrons. The second-order valence-electron chi connectivity index (χ2n) is 3.70. The maximum absolute atomic E-state index is 5.58. The molecule has 1 aliphatic heterocycles. The van der Waals surface area contributed by atoms with Gasteiger partial charge in [0.15, 0.2) is 0 Å². The lowest BCUT2D eigenvalue weighted by Gasteiger charge is -2.21. The van der Waals surface area contributed by atoms with Gasteiger partial charge < -0.3 is 4.74 Å². The first kappa shape index (κ1) is 9.05. The van der Waals surface area contributed by atoms with Crippen LogP contribution in [-0.4, -0.2) is 12.2 Å². The number of ether oxygens (including phenoxy) is 1. The lowest BCUT2D eigenvalue weighted by molar-refractivity contribution is -0.00394. The molecule has 2 fully saturated rings. The molecule has 0 aromatic carbocycles. The van der Waals surface area contributed by atoms with Crippen LogP contribution in [0.15, 0.2) is 0 Å². The normalized spacial score (nSPS) is 25.6. The minimum atomic E-state index is 0.429. The Morgan fingerprint density at radius 2 is 1.73 bits per heavy atom. The molecule has 1 aliphatic carbocycles. The van der Waals surface area contributed by atoms with Crippen molar-refractivity contribution in [1.82, 2.24) is 0 Å². The lowest BCUT2D eigenvalue weighted by atomic mass is 10.1. The fraction of sp³-hybridized carbons (Fsp3) is 1.00. The van der Waals surface area contributed by atoms with Gasteiger partial charge >= 0.3 is 0 Å². The van der Waals surface area contributed by atoms with Gasteiger partial charge in [-0.3, -0.25) is 0 Å². The first-order valence-corrected chi connectivity index (χ1v) is 4.97. The summed E-state index contributed by atoms with van der Waals surface area (Å²) in [4.78, 5) is 0. The monoisotopic (exact) mass is 156 g/mol. The van der Waals surface area contributed by atoms with Crippen LogP contribution < -0.4 is 0 Å². The van der Waals surface area contributed by atoms with E-state index in [2.05, 4.69) is 13.8 Å². The Hall–Kier alpha value is -0.0400. The van der Waals surface area contributed by atoms with Gasteiger partial charge in [0.05, 0.1) is 5.60 Å². The van der Waals surface area contributed by atoms with Gasteiger partial charge in [-0.05, 0) is 32.1 Å². The van der Waals surface area contributed by atoms with Crippen molar-refractivity contribution in [2.45, 2.75) is 58.0 Å². The Morgan fingerprint density at radius 3 is 2.00 bits per heavy atom. The Labute approximate surface area is 70.1 Å². The second kappa shape index (κ2) is 4.10. The van der Waals surface area contributed by atoms with Crippen LogP contribution in [0.4, 0.5) is 0 Å². The molecule has 1 heterocycles. The lowest BCUT2D eigenvalue weighted by Crippen LogP contribution is -2.19. The van der Waals surface area contributed by atoms with Gasteiger partial charge in [-0.25, -0.2) is 0 Å². The van der Waals surface area contributed by atoms with Crippen LogP contribution in [0.1, 0.15) is 52.4 Å². The van der Waals surface area contributed by atoms with Crippen LogP contribution in [0.25, 0.3) is 0 Å². The Kier molecular flexibility index (Phi) is 3.38. The highest BCUT2D eigenvalue weighted by molar-refractivity contribution is 4.96. The number of hydrogen-bond acceptors (Lipinski definition) is 1. The Bertz CT molecular complexity index is 97.4. The summed E-state index contributed by atoms with van der Waals surface area (Å²) < 4.78 is 5.58. The molecule has 0 aromatic rings. The fourth-order valence-corrected chi connectivity index (χ4v) is 1.44.